The molecule has 0 atom stereocenters. The van der Waals surface area contributed by atoms with E-state index in [1.54, 1.807) is 24.4 Å². The van der Waals surface area contributed by atoms with Crippen LogP contribution in [0, 0.1) is 17.0 Å². The van der Waals surface area contributed by atoms with E-state index in [9.17, 15) is 19.7 Å². The largest absolute Gasteiger partial charge is 0.494 e. The number of amides is 1. The van der Waals surface area contributed by atoms with Crippen molar-refractivity contribution in [2.75, 3.05) is 18.5 Å². The second-order valence-corrected chi connectivity index (χ2v) is 9.05. The molecule has 2 aromatic carbocycles. The molecule has 0 radical (unpaired) electrons. The number of rotatable bonds is 9. The van der Waals surface area contributed by atoms with E-state index in [-0.39, 0.29) is 23.8 Å². The summed E-state index contributed by atoms with van der Waals surface area (Å²) in [7, 11) is 0. The first-order valence-electron chi connectivity index (χ1n) is 11.9. The van der Waals surface area contributed by atoms with Crippen LogP contribution in [0.4, 0.5) is 10.7 Å². The standard InChI is InChI=1S/C27H27N3O6S/c1-5-29-22-12-11-19(35-6-2)14-20(22)16(4)24(29)25(31)28-26-23(27(32)36-7-3)21(15-37-26)17-9-8-10-18(13-17)30(33)34/h8-15H,5-7H2,1-4H3,(H,28,31). The number of thiophene rings is 1. The van der Waals surface area contributed by atoms with Crippen molar-refractivity contribution in [3.8, 4) is 16.9 Å². The van der Waals surface area contributed by atoms with Crippen molar-refractivity contribution < 1.29 is 24.0 Å². The third-order valence-corrected chi connectivity index (χ3v) is 6.89. The van der Waals surface area contributed by atoms with Crippen molar-refractivity contribution in [2.24, 2.45) is 0 Å². The molecule has 2 heterocycles. The van der Waals surface area contributed by atoms with Crippen LogP contribution < -0.4 is 10.1 Å². The number of nitrogens with zero attached hydrogens (tertiary/aromatic N) is 2. The topological polar surface area (TPSA) is 113 Å². The van der Waals surface area contributed by atoms with E-state index >= 15 is 0 Å². The number of nitrogens with one attached hydrogen (secondary N) is 1. The summed E-state index contributed by atoms with van der Waals surface area (Å²) in [5.41, 5.74) is 3.18. The van der Waals surface area contributed by atoms with E-state index in [1.165, 1.54) is 23.5 Å². The third kappa shape index (κ3) is 4.92. The summed E-state index contributed by atoms with van der Waals surface area (Å²) in [6.07, 6.45) is 0. The summed E-state index contributed by atoms with van der Waals surface area (Å²) in [6, 6.07) is 11.7. The number of hydrogen-bond acceptors (Lipinski definition) is 7. The monoisotopic (exact) mass is 521 g/mol. The SMILES string of the molecule is CCOC(=O)c1c(-c2cccc([N+](=O)[O-])c2)csc1NC(=O)c1c(C)c2cc(OCC)ccc2n1CC. The Hall–Kier alpha value is -4.18. The first kappa shape index (κ1) is 25.9. The Bertz CT molecular complexity index is 1500. The Labute approximate surface area is 217 Å². The molecule has 9 nitrogen and oxygen atoms in total. The Morgan fingerprint density at radius 3 is 2.57 bits per heavy atom. The summed E-state index contributed by atoms with van der Waals surface area (Å²) in [5, 5.41) is 17.1. The van der Waals surface area contributed by atoms with Gasteiger partial charge in [-0.3, -0.25) is 14.9 Å². The quantitative estimate of drug-likeness (QED) is 0.154. The number of aromatic nitrogens is 1. The number of benzene rings is 2. The summed E-state index contributed by atoms with van der Waals surface area (Å²) in [6.45, 7) is 8.69. The molecule has 10 heteroatoms. The number of ether oxygens (including phenoxy) is 2. The average Bonchev–Trinajstić information content (AvgIpc) is 3.42. The second-order valence-electron chi connectivity index (χ2n) is 8.17. The van der Waals surface area contributed by atoms with Gasteiger partial charge in [-0.25, -0.2) is 4.79 Å². The molecule has 192 valence electrons. The molecule has 0 unspecified atom stereocenters. The molecule has 1 N–H and O–H groups in total. The number of nitro groups is 1. The van der Waals surface area contributed by atoms with E-state index in [0.29, 0.717) is 35.0 Å². The molecule has 37 heavy (non-hydrogen) atoms. The van der Waals surface area contributed by atoms with Crippen molar-refractivity contribution in [1.29, 1.82) is 0 Å². The van der Waals surface area contributed by atoms with Gasteiger partial charge in [0.15, 0.2) is 0 Å². The van der Waals surface area contributed by atoms with E-state index in [1.807, 2.05) is 43.5 Å². The summed E-state index contributed by atoms with van der Waals surface area (Å²) >= 11 is 1.17. The van der Waals surface area contributed by atoms with Crippen LogP contribution in [-0.4, -0.2) is 34.6 Å². The fraction of sp³-hybridized carbons (Fsp3) is 0.259. The molecule has 0 spiro atoms. The zero-order chi connectivity index (χ0) is 26.7. The molecule has 2 aromatic heterocycles. The van der Waals surface area contributed by atoms with E-state index in [0.717, 1.165) is 22.2 Å². The number of anilines is 1. The molecule has 0 aliphatic rings. The molecule has 4 rings (SSSR count). The zero-order valence-corrected chi connectivity index (χ0v) is 21.8. The van der Waals surface area contributed by atoms with Crippen molar-refractivity contribution in [3.05, 3.63) is 74.8 Å². The van der Waals surface area contributed by atoms with Crippen LogP contribution in [0.5, 0.6) is 5.75 Å². The first-order chi connectivity index (χ1) is 17.8. The fourth-order valence-electron chi connectivity index (χ4n) is 4.40. The van der Waals surface area contributed by atoms with Crippen LogP contribution in [-0.2, 0) is 11.3 Å². The highest BCUT2D eigenvalue weighted by Gasteiger charge is 2.26. The highest BCUT2D eigenvalue weighted by molar-refractivity contribution is 7.15. The van der Waals surface area contributed by atoms with Gasteiger partial charge in [0.1, 0.15) is 22.0 Å². The highest BCUT2D eigenvalue weighted by atomic mass is 32.1. The first-order valence-corrected chi connectivity index (χ1v) is 12.8. The number of non-ortho nitro benzene ring substituents is 1. The minimum absolute atomic E-state index is 0.0985. The number of esters is 1. The van der Waals surface area contributed by atoms with Gasteiger partial charge in [0.05, 0.1) is 18.1 Å². The second kappa shape index (κ2) is 10.8. The molecule has 0 saturated heterocycles. The van der Waals surface area contributed by atoms with Gasteiger partial charge in [-0.15, -0.1) is 11.3 Å². The van der Waals surface area contributed by atoms with E-state index in [4.69, 9.17) is 9.47 Å². The van der Waals surface area contributed by atoms with Gasteiger partial charge in [0.25, 0.3) is 11.6 Å². The van der Waals surface area contributed by atoms with Crippen LogP contribution in [0.25, 0.3) is 22.0 Å². The van der Waals surface area contributed by atoms with Crippen molar-refractivity contribution in [2.45, 2.75) is 34.2 Å². The van der Waals surface area contributed by atoms with Crippen LogP contribution in [0.1, 0.15) is 47.2 Å². The number of aryl methyl sites for hydroxylation is 2. The minimum atomic E-state index is -0.616. The maximum atomic E-state index is 13.6. The molecule has 1 amide bonds. The lowest BCUT2D eigenvalue weighted by molar-refractivity contribution is -0.384. The van der Waals surface area contributed by atoms with Crippen LogP contribution in [0.3, 0.4) is 0 Å². The Morgan fingerprint density at radius 2 is 1.89 bits per heavy atom. The lowest BCUT2D eigenvalue weighted by atomic mass is 10.0. The average molecular weight is 522 g/mol. The van der Waals surface area contributed by atoms with Gasteiger partial charge in [-0.05, 0) is 57.0 Å². The molecule has 0 aliphatic heterocycles. The molecule has 0 bridgehead atoms. The molecular formula is C27H27N3O6S. The normalized spacial score (nSPS) is 10.9. The zero-order valence-electron chi connectivity index (χ0n) is 21.0. The minimum Gasteiger partial charge on any atom is -0.494 e. The van der Waals surface area contributed by atoms with E-state index in [2.05, 4.69) is 5.32 Å². The van der Waals surface area contributed by atoms with Gasteiger partial charge in [0, 0.05) is 40.5 Å². The maximum Gasteiger partial charge on any atom is 0.341 e. The third-order valence-electron chi connectivity index (χ3n) is 6.00. The van der Waals surface area contributed by atoms with Crippen molar-refractivity contribution in [3.63, 3.8) is 0 Å². The van der Waals surface area contributed by atoms with Crippen LogP contribution in [0.15, 0.2) is 47.8 Å². The van der Waals surface area contributed by atoms with Gasteiger partial charge >= 0.3 is 5.97 Å². The molecule has 0 fully saturated rings. The molecular weight excluding hydrogens is 494 g/mol. The predicted molar refractivity (Wildman–Crippen MR) is 144 cm³/mol. The maximum absolute atomic E-state index is 13.6. The van der Waals surface area contributed by atoms with Gasteiger partial charge in [0.2, 0.25) is 0 Å². The molecule has 0 aliphatic carbocycles. The van der Waals surface area contributed by atoms with Gasteiger partial charge in [-0.1, -0.05) is 12.1 Å². The van der Waals surface area contributed by atoms with Gasteiger partial charge < -0.3 is 19.4 Å². The Kier molecular flexibility index (Phi) is 7.58. The number of nitro benzene ring substituents is 1. The summed E-state index contributed by atoms with van der Waals surface area (Å²) in [4.78, 5) is 37.4. The summed E-state index contributed by atoms with van der Waals surface area (Å²) < 4.78 is 12.8. The molecule has 0 saturated carbocycles. The smallest absolute Gasteiger partial charge is 0.341 e. The molecule has 4 aromatic rings. The lowest BCUT2D eigenvalue weighted by Gasteiger charge is -2.11. The van der Waals surface area contributed by atoms with Crippen molar-refractivity contribution in [1.82, 2.24) is 4.57 Å². The van der Waals surface area contributed by atoms with Crippen LogP contribution in [0.2, 0.25) is 0 Å². The number of carbonyl (C=O) groups excluding carboxylic acids is 2. The van der Waals surface area contributed by atoms with Gasteiger partial charge in [-0.2, -0.15) is 0 Å². The number of hydrogen-bond donors (Lipinski definition) is 1. The number of fused-ring (bicyclic) bond motifs is 1. The van der Waals surface area contributed by atoms with Crippen LogP contribution >= 0.6 is 11.3 Å². The Balaban J connectivity index is 1.78. The predicted octanol–water partition coefficient (Wildman–Crippen LogP) is 6.43. The number of carbonyl (C=O) groups is 2. The summed E-state index contributed by atoms with van der Waals surface area (Å²) in [5.74, 6) is -0.260. The fourth-order valence-corrected chi connectivity index (χ4v) is 5.35. The Morgan fingerprint density at radius 1 is 1.11 bits per heavy atom. The lowest BCUT2D eigenvalue weighted by Crippen LogP contribution is -2.19. The highest BCUT2D eigenvalue weighted by Crippen LogP contribution is 2.38. The van der Waals surface area contributed by atoms with Crippen molar-refractivity contribution >= 4 is 44.8 Å². The van der Waals surface area contributed by atoms with E-state index < -0.39 is 10.9 Å².